The summed E-state index contributed by atoms with van der Waals surface area (Å²) in [4.78, 5) is 24.9. The van der Waals surface area contributed by atoms with Gasteiger partial charge in [0.2, 0.25) is 0 Å². The molecule has 2 aromatic carbocycles. The number of hydrogen-bond acceptors (Lipinski definition) is 7. The second-order valence-electron chi connectivity index (χ2n) is 7.93. The molecule has 2 aromatic rings. The van der Waals surface area contributed by atoms with Gasteiger partial charge in [0, 0.05) is 6.42 Å². The predicted molar refractivity (Wildman–Crippen MR) is 115 cm³/mol. The van der Waals surface area contributed by atoms with E-state index >= 15 is 0 Å². The van der Waals surface area contributed by atoms with E-state index < -0.39 is 33.8 Å². The van der Waals surface area contributed by atoms with Crippen molar-refractivity contribution in [1.82, 2.24) is 5.32 Å². The molecule has 0 fully saturated rings. The molecule has 0 heterocycles. The molecule has 0 aliphatic rings. The Morgan fingerprint density at radius 3 is 2.13 bits per heavy atom. The van der Waals surface area contributed by atoms with E-state index in [2.05, 4.69) is 5.32 Å². The number of alkyl carbamates (subject to hydrolysis) is 1. The van der Waals surface area contributed by atoms with Gasteiger partial charge < -0.3 is 19.0 Å². The Bertz CT molecular complexity index is 981. The number of carbonyl (C=O) groups excluding carboxylic acids is 2. The van der Waals surface area contributed by atoms with Crippen LogP contribution in [0.25, 0.3) is 0 Å². The largest absolute Gasteiger partial charge is 0.458 e. The minimum Gasteiger partial charge on any atom is -0.458 e. The molecule has 1 unspecified atom stereocenters. The number of carbonyl (C=O) groups is 2. The first-order valence-corrected chi connectivity index (χ1v) is 11.4. The zero-order valence-corrected chi connectivity index (χ0v) is 18.8. The molecule has 9 heteroatoms. The van der Waals surface area contributed by atoms with Gasteiger partial charge in [0.05, 0.1) is 6.26 Å². The summed E-state index contributed by atoms with van der Waals surface area (Å²) < 4.78 is 37.9. The molecule has 0 spiro atoms. The molecule has 0 saturated carbocycles. The van der Waals surface area contributed by atoms with E-state index in [1.54, 1.807) is 32.9 Å². The molecule has 1 N–H and O–H groups in total. The molecular weight excluding hydrogens is 422 g/mol. The standard InChI is InChI=1S/C22H27NO7S/c1-22(2,3)29-20(24)19(23-21(25)28-15-17-8-6-5-7-9-17)14-16-10-12-18(13-11-16)30-31(4,26)27/h5-13,19H,14-15H2,1-4H3,(H,23,25). The van der Waals surface area contributed by atoms with Crippen molar-refractivity contribution < 1.29 is 31.7 Å². The molecular formula is C22H27NO7S. The third-order valence-corrected chi connectivity index (χ3v) is 4.30. The molecule has 0 aromatic heterocycles. The summed E-state index contributed by atoms with van der Waals surface area (Å²) >= 11 is 0. The fourth-order valence-corrected chi connectivity index (χ4v) is 3.03. The molecule has 0 aliphatic heterocycles. The minimum atomic E-state index is -3.64. The third-order valence-electron chi connectivity index (χ3n) is 3.81. The average Bonchev–Trinajstić information content (AvgIpc) is 2.65. The summed E-state index contributed by atoms with van der Waals surface area (Å²) in [6.07, 6.45) is 0.315. The van der Waals surface area contributed by atoms with Gasteiger partial charge in [0.25, 0.3) is 0 Å². The topological polar surface area (TPSA) is 108 Å². The van der Waals surface area contributed by atoms with E-state index in [1.165, 1.54) is 12.1 Å². The third kappa shape index (κ3) is 9.52. The molecule has 1 atom stereocenters. The Morgan fingerprint density at radius 2 is 1.58 bits per heavy atom. The highest BCUT2D eigenvalue weighted by atomic mass is 32.2. The van der Waals surface area contributed by atoms with Gasteiger partial charge in [0.1, 0.15) is 24.0 Å². The molecule has 8 nitrogen and oxygen atoms in total. The Balaban J connectivity index is 2.07. The van der Waals surface area contributed by atoms with Gasteiger partial charge in [0.15, 0.2) is 0 Å². The first-order chi connectivity index (χ1) is 14.4. The average molecular weight is 450 g/mol. The fraction of sp³-hybridized carbons (Fsp3) is 0.364. The lowest BCUT2D eigenvalue weighted by atomic mass is 10.1. The Morgan fingerprint density at radius 1 is 0.968 bits per heavy atom. The van der Waals surface area contributed by atoms with Crippen LogP contribution >= 0.6 is 0 Å². The van der Waals surface area contributed by atoms with E-state index in [1.807, 2.05) is 30.3 Å². The molecule has 1 amide bonds. The van der Waals surface area contributed by atoms with Gasteiger partial charge in [-0.05, 0) is 44.0 Å². The van der Waals surface area contributed by atoms with Crippen LogP contribution in [-0.4, -0.2) is 38.4 Å². The van der Waals surface area contributed by atoms with Gasteiger partial charge in [-0.2, -0.15) is 8.42 Å². The highest BCUT2D eigenvalue weighted by molar-refractivity contribution is 7.86. The van der Waals surface area contributed by atoms with Crippen LogP contribution in [0.3, 0.4) is 0 Å². The second kappa shape index (κ2) is 10.3. The predicted octanol–water partition coefficient (Wildman–Crippen LogP) is 3.20. The summed E-state index contributed by atoms with van der Waals surface area (Å²) in [6, 6.07) is 14.3. The smallest absolute Gasteiger partial charge is 0.408 e. The normalized spacial score (nSPS) is 12.5. The molecule has 0 aliphatic carbocycles. The van der Waals surface area contributed by atoms with Crippen molar-refractivity contribution >= 4 is 22.2 Å². The van der Waals surface area contributed by atoms with Gasteiger partial charge in [-0.15, -0.1) is 0 Å². The zero-order valence-electron chi connectivity index (χ0n) is 18.0. The lowest BCUT2D eigenvalue weighted by molar-refractivity contribution is -0.157. The van der Waals surface area contributed by atoms with E-state index in [9.17, 15) is 18.0 Å². The van der Waals surface area contributed by atoms with Crippen molar-refractivity contribution in [2.75, 3.05) is 6.26 Å². The monoisotopic (exact) mass is 449 g/mol. The number of ether oxygens (including phenoxy) is 2. The van der Waals surface area contributed by atoms with Crippen molar-refractivity contribution in [3.05, 3.63) is 65.7 Å². The number of rotatable bonds is 8. The fourth-order valence-electron chi connectivity index (χ4n) is 2.56. The summed E-state index contributed by atoms with van der Waals surface area (Å²) in [5.74, 6) is -0.462. The second-order valence-corrected chi connectivity index (χ2v) is 9.50. The summed E-state index contributed by atoms with van der Waals surface area (Å²) in [5, 5.41) is 2.55. The molecule has 2 rings (SSSR count). The first-order valence-electron chi connectivity index (χ1n) is 9.60. The molecule has 0 radical (unpaired) electrons. The van der Waals surface area contributed by atoms with Crippen molar-refractivity contribution in [3.63, 3.8) is 0 Å². The summed E-state index contributed by atoms with van der Waals surface area (Å²) in [5.41, 5.74) is 0.742. The maximum atomic E-state index is 12.6. The van der Waals surface area contributed by atoms with Crippen LogP contribution in [0.5, 0.6) is 5.75 Å². The van der Waals surface area contributed by atoms with Crippen LogP contribution in [0.1, 0.15) is 31.9 Å². The van der Waals surface area contributed by atoms with Crippen molar-refractivity contribution in [2.24, 2.45) is 0 Å². The summed E-state index contributed by atoms with van der Waals surface area (Å²) in [6.45, 7) is 5.25. The van der Waals surface area contributed by atoms with E-state index in [0.717, 1.165) is 11.8 Å². The highest BCUT2D eigenvalue weighted by Crippen LogP contribution is 2.17. The van der Waals surface area contributed by atoms with Gasteiger partial charge in [-0.1, -0.05) is 42.5 Å². The van der Waals surface area contributed by atoms with Crippen LogP contribution in [0.2, 0.25) is 0 Å². The number of esters is 1. The Kier molecular flexibility index (Phi) is 8.04. The Labute approximate surface area is 182 Å². The van der Waals surface area contributed by atoms with Crippen LogP contribution in [0.15, 0.2) is 54.6 Å². The quantitative estimate of drug-likeness (QED) is 0.487. The molecule has 31 heavy (non-hydrogen) atoms. The minimum absolute atomic E-state index is 0.0608. The van der Waals surface area contributed by atoms with Crippen LogP contribution in [0, 0.1) is 0 Å². The van der Waals surface area contributed by atoms with Crippen LogP contribution in [0.4, 0.5) is 4.79 Å². The van der Waals surface area contributed by atoms with Crippen molar-refractivity contribution in [3.8, 4) is 5.75 Å². The maximum Gasteiger partial charge on any atom is 0.408 e. The maximum absolute atomic E-state index is 12.6. The Hall–Kier alpha value is -3.07. The molecule has 0 bridgehead atoms. The zero-order chi connectivity index (χ0) is 23.1. The number of nitrogens with one attached hydrogen (secondary N) is 1. The van der Waals surface area contributed by atoms with Gasteiger partial charge in [-0.3, -0.25) is 0 Å². The molecule has 0 saturated heterocycles. The first kappa shape index (κ1) is 24.2. The lowest BCUT2D eigenvalue weighted by Gasteiger charge is -2.24. The number of benzene rings is 2. The molecule has 168 valence electrons. The van der Waals surface area contributed by atoms with E-state index in [4.69, 9.17) is 13.7 Å². The van der Waals surface area contributed by atoms with Gasteiger partial charge in [-0.25, -0.2) is 9.59 Å². The van der Waals surface area contributed by atoms with Crippen molar-refractivity contribution in [1.29, 1.82) is 0 Å². The lowest BCUT2D eigenvalue weighted by Crippen LogP contribution is -2.45. The van der Waals surface area contributed by atoms with E-state index in [-0.39, 0.29) is 18.8 Å². The van der Waals surface area contributed by atoms with Gasteiger partial charge >= 0.3 is 22.2 Å². The van der Waals surface area contributed by atoms with E-state index in [0.29, 0.717) is 5.56 Å². The van der Waals surface area contributed by atoms with Crippen molar-refractivity contribution in [2.45, 2.75) is 45.4 Å². The van der Waals surface area contributed by atoms with Crippen LogP contribution < -0.4 is 9.50 Å². The summed E-state index contributed by atoms with van der Waals surface area (Å²) in [7, 11) is -3.64. The number of amides is 1. The SMILES string of the molecule is CC(C)(C)OC(=O)C(Cc1ccc(OS(C)(=O)=O)cc1)NC(=O)OCc1ccccc1. The van der Waals surface area contributed by atoms with Crippen LogP contribution in [-0.2, 0) is 37.4 Å². The highest BCUT2D eigenvalue weighted by Gasteiger charge is 2.27. The number of hydrogen-bond donors (Lipinski definition) is 1.